The first-order valence-corrected chi connectivity index (χ1v) is 7.06. The van der Waals surface area contributed by atoms with E-state index in [0.29, 0.717) is 11.5 Å². The third-order valence-electron chi connectivity index (χ3n) is 4.29. The van der Waals surface area contributed by atoms with Crippen molar-refractivity contribution in [2.24, 2.45) is 5.92 Å². The monoisotopic (exact) mass is 260 g/mol. The summed E-state index contributed by atoms with van der Waals surface area (Å²) in [5, 5.41) is 0. The van der Waals surface area contributed by atoms with Crippen molar-refractivity contribution >= 4 is 5.91 Å². The molecule has 2 heterocycles. The maximum Gasteiger partial charge on any atom is 0.255 e. The zero-order chi connectivity index (χ0) is 13.4. The van der Waals surface area contributed by atoms with Gasteiger partial charge < -0.3 is 9.64 Å². The van der Waals surface area contributed by atoms with Crippen LogP contribution in [0.5, 0.6) is 0 Å². The molecule has 1 aromatic heterocycles. The zero-order valence-electron chi connectivity index (χ0n) is 11.5. The summed E-state index contributed by atoms with van der Waals surface area (Å²) in [6.07, 6.45) is 4.18. The van der Waals surface area contributed by atoms with Crippen molar-refractivity contribution in [2.45, 2.75) is 38.8 Å². The molecule has 4 nitrogen and oxygen atoms in total. The fourth-order valence-electron chi connectivity index (χ4n) is 3.38. The third-order valence-corrected chi connectivity index (χ3v) is 4.29. The van der Waals surface area contributed by atoms with Crippen molar-refractivity contribution in [1.82, 2.24) is 9.88 Å². The first-order chi connectivity index (χ1) is 9.20. The van der Waals surface area contributed by atoms with Crippen molar-refractivity contribution in [3.63, 3.8) is 0 Å². The minimum Gasteiger partial charge on any atom is -0.376 e. The number of ether oxygens (including phenoxy) is 1. The standard InChI is InChI=1S/C15H20N2O2/c1-3-19-14-12-6-7-13(14)17(9-12)15(18)11-5-4-10(2)16-8-11/h4-5,8,12-14H,3,6-7,9H2,1-2H3/t12-,13+,14-/m0/s1. The van der Waals surface area contributed by atoms with Gasteiger partial charge in [0, 0.05) is 31.0 Å². The van der Waals surface area contributed by atoms with Crippen molar-refractivity contribution < 1.29 is 9.53 Å². The van der Waals surface area contributed by atoms with Crippen LogP contribution < -0.4 is 0 Å². The predicted octanol–water partition coefficient (Wildman–Crippen LogP) is 2.03. The summed E-state index contributed by atoms with van der Waals surface area (Å²) < 4.78 is 5.82. The van der Waals surface area contributed by atoms with Gasteiger partial charge in [0.2, 0.25) is 0 Å². The van der Waals surface area contributed by atoms with E-state index in [1.54, 1.807) is 6.20 Å². The van der Waals surface area contributed by atoms with Gasteiger partial charge in [-0.15, -0.1) is 0 Å². The highest BCUT2D eigenvalue weighted by Gasteiger charge is 2.49. The smallest absolute Gasteiger partial charge is 0.255 e. The third kappa shape index (κ3) is 2.14. The van der Waals surface area contributed by atoms with Gasteiger partial charge in [-0.3, -0.25) is 9.78 Å². The highest BCUT2D eigenvalue weighted by Crippen LogP contribution is 2.40. The fourth-order valence-corrected chi connectivity index (χ4v) is 3.38. The van der Waals surface area contributed by atoms with Gasteiger partial charge in [-0.05, 0) is 38.8 Å². The molecule has 0 N–H and O–H groups in total. The molecule has 1 aromatic rings. The SMILES string of the molecule is CCO[C@H]1[C@H]2CC[C@H]1N(C(=O)c1ccc(C)nc1)C2. The number of fused-ring (bicyclic) bond motifs is 2. The van der Waals surface area contributed by atoms with Gasteiger partial charge >= 0.3 is 0 Å². The molecule has 1 aliphatic heterocycles. The highest BCUT2D eigenvalue weighted by molar-refractivity contribution is 5.94. The van der Waals surface area contributed by atoms with E-state index in [4.69, 9.17) is 4.74 Å². The maximum absolute atomic E-state index is 12.5. The number of piperidine rings is 1. The lowest BCUT2D eigenvalue weighted by atomic mass is 10.1. The lowest BCUT2D eigenvalue weighted by Gasteiger charge is -2.27. The molecule has 3 atom stereocenters. The molecular weight excluding hydrogens is 240 g/mol. The average molecular weight is 260 g/mol. The highest BCUT2D eigenvalue weighted by atomic mass is 16.5. The van der Waals surface area contributed by atoms with E-state index in [9.17, 15) is 4.79 Å². The summed E-state index contributed by atoms with van der Waals surface area (Å²) in [6.45, 7) is 5.51. The number of hydrogen-bond acceptors (Lipinski definition) is 3. The van der Waals surface area contributed by atoms with Crippen LogP contribution in [0, 0.1) is 12.8 Å². The number of aryl methyl sites for hydroxylation is 1. The van der Waals surface area contributed by atoms with E-state index >= 15 is 0 Å². The van der Waals surface area contributed by atoms with Crippen LogP contribution in [0.3, 0.4) is 0 Å². The molecular formula is C15H20N2O2. The quantitative estimate of drug-likeness (QED) is 0.835. The van der Waals surface area contributed by atoms with Gasteiger partial charge in [-0.1, -0.05) is 0 Å². The lowest BCUT2D eigenvalue weighted by molar-refractivity contribution is 0.0333. The van der Waals surface area contributed by atoms with Gasteiger partial charge in [0.15, 0.2) is 0 Å². The molecule has 102 valence electrons. The first kappa shape index (κ1) is 12.6. The van der Waals surface area contributed by atoms with E-state index in [-0.39, 0.29) is 18.1 Å². The molecule has 4 heteroatoms. The van der Waals surface area contributed by atoms with Crippen LogP contribution in [-0.2, 0) is 4.74 Å². The Morgan fingerprint density at radius 3 is 3.00 bits per heavy atom. The molecule has 0 unspecified atom stereocenters. The van der Waals surface area contributed by atoms with Crippen LogP contribution >= 0.6 is 0 Å². The first-order valence-electron chi connectivity index (χ1n) is 7.06. The number of hydrogen-bond donors (Lipinski definition) is 0. The number of rotatable bonds is 3. The second-order valence-electron chi connectivity index (χ2n) is 5.47. The van der Waals surface area contributed by atoms with Crippen LogP contribution in [0.25, 0.3) is 0 Å². The Balaban J connectivity index is 1.77. The largest absolute Gasteiger partial charge is 0.376 e. The molecule has 2 bridgehead atoms. The molecule has 1 amide bonds. The molecule has 0 spiro atoms. The summed E-state index contributed by atoms with van der Waals surface area (Å²) in [4.78, 5) is 18.7. The molecule has 2 fully saturated rings. The Hall–Kier alpha value is -1.42. The van der Waals surface area contributed by atoms with Gasteiger partial charge in [-0.2, -0.15) is 0 Å². The Morgan fingerprint density at radius 2 is 2.32 bits per heavy atom. The van der Waals surface area contributed by atoms with Crippen molar-refractivity contribution in [2.75, 3.05) is 13.2 Å². The number of carbonyl (C=O) groups excluding carboxylic acids is 1. The molecule has 1 saturated carbocycles. The predicted molar refractivity (Wildman–Crippen MR) is 71.9 cm³/mol. The van der Waals surface area contributed by atoms with E-state index in [1.807, 2.05) is 30.9 Å². The number of pyridine rings is 1. The minimum atomic E-state index is 0.101. The lowest BCUT2D eigenvalue weighted by Crippen LogP contribution is -2.40. The van der Waals surface area contributed by atoms with E-state index < -0.39 is 0 Å². The number of aromatic nitrogens is 1. The summed E-state index contributed by atoms with van der Waals surface area (Å²) in [7, 11) is 0. The van der Waals surface area contributed by atoms with E-state index in [2.05, 4.69) is 4.98 Å². The molecule has 2 aliphatic rings. The van der Waals surface area contributed by atoms with Crippen LogP contribution in [0.15, 0.2) is 18.3 Å². The van der Waals surface area contributed by atoms with Crippen LogP contribution in [-0.4, -0.2) is 41.1 Å². The van der Waals surface area contributed by atoms with Crippen LogP contribution in [0.2, 0.25) is 0 Å². The summed E-state index contributed by atoms with van der Waals surface area (Å²) in [6, 6.07) is 4.02. The normalized spacial score (nSPS) is 28.9. The Bertz CT molecular complexity index is 472. The average Bonchev–Trinajstić information content (AvgIpc) is 2.96. The van der Waals surface area contributed by atoms with E-state index in [0.717, 1.165) is 25.3 Å². The number of carbonyl (C=O) groups is 1. The zero-order valence-corrected chi connectivity index (χ0v) is 11.5. The number of nitrogens with zero attached hydrogens (tertiary/aromatic N) is 2. The molecule has 0 radical (unpaired) electrons. The van der Waals surface area contributed by atoms with Crippen molar-refractivity contribution in [1.29, 1.82) is 0 Å². The van der Waals surface area contributed by atoms with E-state index in [1.165, 1.54) is 6.42 Å². The molecule has 3 rings (SSSR count). The summed E-state index contributed by atoms with van der Waals surface area (Å²) >= 11 is 0. The second kappa shape index (κ2) is 4.93. The summed E-state index contributed by atoms with van der Waals surface area (Å²) in [5.74, 6) is 0.622. The Morgan fingerprint density at radius 1 is 1.47 bits per heavy atom. The topological polar surface area (TPSA) is 42.4 Å². The molecule has 1 aliphatic carbocycles. The Kier molecular flexibility index (Phi) is 3.27. The minimum absolute atomic E-state index is 0.101. The van der Waals surface area contributed by atoms with Crippen molar-refractivity contribution in [3.05, 3.63) is 29.6 Å². The molecule has 19 heavy (non-hydrogen) atoms. The van der Waals surface area contributed by atoms with Crippen LogP contribution in [0.4, 0.5) is 0 Å². The Labute approximate surface area is 113 Å². The maximum atomic E-state index is 12.5. The van der Waals surface area contributed by atoms with Crippen molar-refractivity contribution in [3.8, 4) is 0 Å². The van der Waals surface area contributed by atoms with Gasteiger partial charge in [0.25, 0.3) is 5.91 Å². The summed E-state index contributed by atoms with van der Waals surface area (Å²) in [5.41, 5.74) is 1.63. The van der Waals surface area contributed by atoms with Gasteiger partial charge in [-0.25, -0.2) is 0 Å². The van der Waals surface area contributed by atoms with Crippen LogP contribution in [0.1, 0.15) is 35.8 Å². The van der Waals surface area contributed by atoms with Gasteiger partial charge in [0.05, 0.1) is 17.7 Å². The second-order valence-corrected chi connectivity index (χ2v) is 5.47. The molecule has 0 aromatic carbocycles. The number of amides is 1. The number of likely N-dealkylation sites (tertiary alicyclic amines) is 1. The fraction of sp³-hybridized carbons (Fsp3) is 0.600. The molecule has 1 saturated heterocycles. The van der Waals surface area contributed by atoms with Gasteiger partial charge in [0.1, 0.15) is 0 Å².